The van der Waals surface area contributed by atoms with Gasteiger partial charge in [0.05, 0.1) is 11.0 Å². The van der Waals surface area contributed by atoms with Gasteiger partial charge < -0.3 is 9.47 Å². The number of hydrogen-bond acceptors (Lipinski definition) is 1. The van der Waals surface area contributed by atoms with E-state index in [0.29, 0.717) is 0 Å². The molecule has 0 aliphatic heterocycles. The van der Waals surface area contributed by atoms with Gasteiger partial charge in [-0.3, -0.25) is 0 Å². The van der Waals surface area contributed by atoms with Crippen molar-refractivity contribution in [2.24, 2.45) is 0 Å². The fourth-order valence-electron chi connectivity index (χ4n) is 11.2. The van der Waals surface area contributed by atoms with E-state index in [9.17, 15) is 0 Å². The van der Waals surface area contributed by atoms with Crippen LogP contribution in [0, 0.1) is 0 Å². The maximum absolute atomic E-state index is 2.43. The maximum atomic E-state index is 2.43. The number of anilines is 3. The van der Waals surface area contributed by atoms with Gasteiger partial charge in [0.25, 0.3) is 0 Å². The lowest BCUT2D eigenvalue weighted by Crippen LogP contribution is -2.14. The van der Waals surface area contributed by atoms with Crippen LogP contribution in [0.2, 0.25) is 0 Å². The molecule has 13 rings (SSSR count). The summed E-state index contributed by atoms with van der Waals surface area (Å²) in [5.74, 6) is 0. The first kappa shape index (κ1) is 39.0. The van der Waals surface area contributed by atoms with Crippen LogP contribution in [-0.2, 0) is 5.41 Å². The monoisotopic (exact) mass is 854 g/mol. The second-order valence-corrected chi connectivity index (χ2v) is 18.5. The summed E-state index contributed by atoms with van der Waals surface area (Å²) >= 11 is 0. The van der Waals surface area contributed by atoms with Gasteiger partial charge in [0.2, 0.25) is 0 Å². The summed E-state index contributed by atoms with van der Waals surface area (Å²) in [7, 11) is 0. The molecule has 0 amide bonds. The van der Waals surface area contributed by atoms with Crippen LogP contribution in [0.1, 0.15) is 25.0 Å². The maximum Gasteiger partial charge on any atom is 0.0619 e. The highest BCUT2D eigenvalue weighted by Gasteiger charge is 2.35. The van der Waals surface area contributed by atoms with E-state index >= 15 is 0 Å². The first-order valence-electron chi connectivity index (χ1n) is 23.3. The zero-order chi connectivity index (χ0) is 44.6. The largest absolute Gasteiger partial charge is 0.310 e. The molecule has 0 fully saturated rings. The Labute approximate surface area is 391 Å². The highest BCUT2D eigenvalue weighted by Crippen LogP contribution is 2.50. The Hall–Kier alpha value is -8.46. The fourth-order valence-corrected chi connectivity index (χ4v) is 11.2. The van der Waals surface area contributed by atoms with Crippen molar-refractivity contribution in [1.82, 2.24) is 4.57 Å². The van der Waals surface area contributed by atoms with Crippen LogP contribution in [0.15, 0.2) is 243 Å². The summed E-state index contributed by atoms with van der Waals surface area (Å²) in [5, 5.41) is 7.53. The van der Waals surface area contributed by atoms with Crippen LogP contribution in [0.25, 0.3) is 93.5 Å². The molecule has 0 saturated heterocycles. The lowest BCUT2D eigenvalue weighted by molar-refractivity contribution is 0.660. The molecular formula is C65H46N2. The molecule has 1 aliphatic carbocycles. The second-order valence-electron chi connectivity index (χ2n) is 18.5. The summed E-state index contributed by atoms with van der Waals surface area (Å²) in [6, 6.07) is 89.5. The van der Waals surface area contributed by atoms with Gasteiger partial charge in [-0.05, 0) is 132 Å². The van der Waals surface area contributed by atoms with E-state index in [1.54, 1.807) is 0 Å². The SMILES string of the molecule is CC1(C)c2ccccc2-c2cc(-c3ccc(N(c4cccc(-c5cccc6c5ccc5ccccc56)c4)c4cccc(-c5cccc6c7ccccc7n(-c7ccccc7)c56)c4)cc3)ccc21. The van der Waals surface area contributed by atoms with Gasteiger partial charge >= 0.3 is 0 Å². The Bertz CT molecular complexity index is 3890. The molecule has 0 radical (unpaired) electrons. The summed E-state index contributed by atoms with van der Waals surface area (Å²) in [6.07, 6.45) is 0. The highest BCUT2D eigenvalue weighted by molar-refractivity contribution is 6.14. The number of benzene rings is 11. The Morgan fingerprint density at radius 1 is 0.328 bits per heavy atom. The smallest absolute Gasteiger partial charge is 0.0619 e. The van der Waals surface area contributed by atoms with Gasteiger partial charge in [-0.15, -0.1) is 0 Å². The zero-order valence-electron chi connectivity index (χ0n) is 37.5. The number of nitrogens with zero attached hydrogens (tertiary/aromatic N) is 2. The van der Waals surface area contributed by atoms with E-state index in [1.807, 2.05) is 0 Å². The topological polar surface area (TPSA) is 8.17 Å². The van der Waals surface area contributed by atoms with E-state index in [2.05, 4.69) is 266 Å². The van der Waals surface area contributed by atoms with Crippen LogP contribution >= 0.6 is 0 Å². The molecule has 0 unspecified atom stereocenters. The van der Waals surface area contributed by atoms with Gasteiger partial charge in [0.15, 0.2) is 0 Å². The predicted molar refractivity (Wildman–Crippen MR) is 284 cm³/mol. The average Bonchev–Trinajstić information content (AvgIpc) is 3.85. The van der Waals surface area contributed by atoms with Gasteiger partial charge in [0, 0.05) is 44.5 Å². The van der Waals surface area contributed by atoms with Crippen LogP contribution in [-0.4, -0.2) is 4.57 Å². The van der Waals surface area contributed by atoms with Gasteiger partial charge in [-0.25, -0.2) is 0 Å². The third-order valence-electron chi connectivity index (χ3n) is 14.4. The summed E-state index contributed by atoms with van der Waals surface area (Å²) in [6.45, 7) is 4.69. The average molecular weight is 855 g/mol. The van der Waals surface area contributed by atoms with Crippen molar-refractivity contribution in [3.63, 3.8) is 0 Å². The molecule has 316 valence electrons. The Balaban J connectivity index is 0.971. The summed E-state index contributed by atoms with van der Waals surface area (Å²) in [4.78, 5) is 2.42. The highest BCUT2D eigenvalue weighted by atomic mass is 15.1. The van der Waals surface area contributed by atoms with Crippen LogP contribution < -0.4 is 4.90 Å². The second kappa shape index (κ2) is 15.3. The molecule has 0 bridgehead atoms. The number of rotatable bonds is 7. The molecule has 2 heteroatoms. The molecule has 0 spiro atoms. The predicted octanol–water partition coefficient (Wildman–Crippen LogP) is 17.9. The molecule has 1 heterocycles. The third kappa shape index (κ3) is 6.25. The van der Waals surface area contributed by atoms with E-state index in [1.165, 1.54) is 93.4 Å². The molecular weight excluding hydrogens is 809 g/mol. The van der Waals surface area contributed by atoms with Crippen molar-refractivity contribution < 1.29 is 0 Å². The zero-order valence-corrected chi connectivity index (χ0v) is 37.5. The van der Waals surface area contributed by atoms with E-state index in [4.69, 9.17) is 0 Å². The van der Waals surface area contributed by atoms with Gasteiger partial charge in [-0.1, -0.05) is 196 Å². The molecule has 2 nitrogen and oxygen atoms in total. The van der Waals surface area contributed by atoms with Crippen LogP contribution in [0.4, 0.5) is 17.1 Å². The van der Waals surface area contributed by atoms with Crippen LogP contribution in [0.3, 0.4) is 0 Å². The molecule has 0 N–H and O–H groups in total. The van der Waals surface area contributed by atoms with Crippen molar-refractivity contribution in [2.45, 2.75) is 19.3 Å². The van der Waals surface area contributed by atoms with Crippen molar-refractivity contribution in [1.29, 1.82) is 0 Å². The molecule has 67 heavy (non-hydrogen) atoms. The third-order valence-corrected chi connectivity index (χ3v) is 14.4. The van der Waals surface area contributed by atoms with E-state index < -0.39 is 0 Å². The fraction of sp³-hybridized carbons (Fsp3) is 0.0462. The van der Waals surface area contributed by atoms with Crippen molar-refractivity contribution in [3.05, 3.63) is 254 Å². The van der Waals surface area contributed by atoms with E-state index in [-0.39, 0.29) is 5.41 Å². The Morgan fingerprint density at radius 3 is 1.73 bits per heavy atom. The molecule has 0 atom stereocenters. The standard InChI is InChI=1S/C65H46N2/c1-65(2)61-30-10-8-24-57(61)60-42-45(35-39-62(60)65)43-32-36-49(37-33-43)66(50-21-12-17-46(40-50)53-26-14-28-55-52-23-7-6-16-44(52)34-38-56(53)55)51-22-13-18-47(41-51)54-27-15-29-59-58-25-9-11-31-63(58)67(64(54)59)48-19-4-3-5-20-48/h3-42H,1-2H3. The molecule has 12 aromatic rings. The summed E-state index contributed by atoms with van der Waals surface area (Å²) < 4.78 is 2.43. The minimum Gasteiger partial charge on any atom is -0.310 e. The lowest BCUT2D eigenvalue weighted by Gasteiger charge is -2.27. The quantitative estimate of drug-likeness (QED) is 0.145. The molecule has 0 saturated carbocycles. The normalized spacial score (nSPS) is 12.7. The molecule has 1 aliphatic rings. The van der Waals surface area contributed by atoms with Crippen molar-refractivity contribution in [3.8, 4) is 50.2 Å². The first-order valence-corrected chi connectivity index (χ1v) is 23.3. The number of hydrogen-bond donors (Lipinski definition) is 0. The number of aromatic nitrogens is 1. The van der Waals surface area contributed by atoms with E-state index in [0.717, 1.165) is 28.3 Å². The van der Waals surface area contributed by atoms with Gasteiger partial charge in [0.1, 0.15) is 0 Å². The number of fused-ring (bicyclic) bond motifs is 9. The molecule has 11 aromatic carbocycles. The minimum absolute atomic E-state index is 0.0264. The minimum atomic E-state index is -0.0264. The number of para-hydroxylation sites is 3. The lowest BCUT2D eigenvalue weighted by atomic mass is 9.82. The van der Waals surface area contributed by atoms with Crippen molar-refractivity contribution >= 4 is 60.4 Å². The Kier molecular flexibility index (Phi) is 8.91. The first-order chi connectivity index (χ1) is 33.0. The van der Waals surface area contributed by atoms with Crippen molar-refractivity contribution in [2.75, 3.05) is 4.90 Å². The van der Waals surface area contributed by atoms with Crippen LogP contribution in [0.5, 0.6) is 0 Å². The molecule has 1 aromatic heterocycles. The van der Waals surface area contributed by atoms with Gasteiger partial charge in [-0.2, -0.15) is 0 Å². The summed E-state index contributed by atoms with van der Waals surface area (Å²) in [5.41, 5.74) is 19.4. The Morgan fingerprint density at radius 2 is 0.925 bits per heavy atom.